The summed E-state index contributed by atoms with van der Waals surface area (Å²) in [6, 6.07) is 24.9. The van der Waals surface area contributed by atoms with Crippen LogP contribution in [0.1, 0.15) is 0 Å². The average Bonchev–Trinajstić information content (AvgIpc) is 3.20. The van der Waals surface area contributed by atoms with Crippen molar-refractivity contribution in [2.75, 3.05) is 11.1 Å². The third-order valence-electron chi connectivity index (χ3n) is 4.32. The number of anilines is 1. The van der Waals surface area contributed by atoms with E-state index in [0.29, 0.717) is 15.7 Å². The second kappa shape index (κ2) is 9.39. The first-order valence-electron chi connectivity index (χ1n) is 9.18. The molecule has 0 atom stereocenters. The van der Waals surface area contributed by atoms with Crippen molar-refractivity contribution < 1.29 is 4.79 Å². The molecule has 4 nitrogen and oxygen atoms in total. The molecule has 0 bridgehead atoms. The highest BCUT2D eigenvalue weighted by atomic mass is 35.5. The molecule has 0 fully saturated rings. The largest absolute Gasteiger partial charge is 0.324 e. The minimum Gasteiger partial charge on any atom is -0.324 e. The van der Waals surface area contributed by atoms with Crippen molar-refractivity contribution >= 4 is 46.6 Å². The number of benzene rings is 3. The summed E-state index contributed by atoms with van der Waals surface area (Å²) >= 11 is 13.4. The number of hydrogen-bond acceptors (Lipinski definition) is 3. The Morgan fingerprint density at radius 3 is 2.37 bits per heavy atom. The predicted octanol–water partition coefficient (Wildman–Crippen LogP) is 6.58. The van der Waals surface area contributed by atoms with Crippen LogP contribution >= 0.6 is 35.0 Å². The van der Waals surface area contributed by atoms with Crippen LogP contribution in [0.2, 0.25) is 10.0 Å². The molecule has 4 aromatic rings. The fourth-order valence-electron chi connectivity index (χ4n) is 2.89. The van der Waals surface area contributed by atoms with Crippen molar-refractivity contribution in [3.8, 4) is 16.9 Å². The van der Waals surface area contributed by atoms with Gasteiger partial charge in [-0.15, -0.1) is 0 Å². The molecule has 0 radical (unpaired) electrons. The Kier molecular flexibility index (Phi) is 6.43. The van der Waals surface area contributed by atoms with Crippen molar-refractivity contribution in [2.45, 2.75) is 5.16 Å². The number of imidazole rings is 1. The molecule has 150 valence electrons. The lowest BCUT2D eigenvalue weighted by molar-refractivity contribution is -0.113. The second-order valence-electron chi connectivity index (χ2n) is 6.44. The first-order chi connectivity index (χ1) is 14.6. The highest BCUT2D eigenvalue weighted by molar-refractivity contribution is 7.99. The summed E-state index contributed by atoms with van der Waals surface area (Å²) in [6.07, 6.45) is 1.99. The van der Waals surface area contributed by atoms with Gasteiger partial charge >= 0.3 is 0 Å². The van der Waals surface area contributed by atoms with E-state index in [1.54, 1.807) is 18.2 Å². The maximum atomic E-state index is 12.5. The third kappa shape index (κ3) is 4.87. The van der Waals surface area contributed by atoms with Crippen LogP contribution in [0.4, 0.5) is 5.69 Å². The lowest BCUT2D eigenvalue weighted by Crippen LogP contribution is -2.14. The number of thioether (sulfide) groups is 1. The highest BCUT2D eigenvalue weighted by Gasteiger charge is 2.14. The van der Waals surface area contributed by atoms with E-state index in [2.05, 4.69) is 5.32 Å². The Balaban J connectivity index is 1.55. The molecule has 7 heteroatoms. The zero-order chi connectivity index (χ0) is 20.9. The van der Waals surface area contributed by atoms with Crippen LogP contribution in [0.3, 0.4) is 0 Å². The molecule has 1 heterocycles. The molecule has 0 spiro atoms. The number of rotatable bonds is 6. The van der Waals surface area contributed by atoms with Crippen LogP contribution in [-0.4, -0.2) is 21.2 Å². The van der Waals surface area contributed by atoms with Gasteiger partial charge in [0, 0.05) is 22.5 Å². The number of carbonyl (C=O) groups is 1. The van der Waals surface area contributed by atoms with Gasteiger partial charge < -0.3 is 5.32 Å². The molecular weight excluding hydrogens is 437 g/mol. The van der Waals surface area contributed by atoms with E-state index >= 15 is 0 Å². The van der Waals surface area contributed by atoms with E-state index in [9.17, 15) is 4.79 Å². The van der Waals surface area contributed by atoms with Gasteiger partial charge in [0.05, 0.1) is 22.2 Å². The van der Waals surface area contributed by atoms with Gasteiger partial charge in [0.25, 0.3) is 0 Å². The highest BCUT2D eigenvalue weighted by Crippen LogP contribution is 2.28. The van der Waals surface area contributed by atoms with E-state index in [0.717, 1.165) is 22.1 Å². The van der Waals surface area contributed by atoms with Gasteiger partial charge in [-0.25, -0.2) is 4.98 Å². The quantitative estimate of drug-likeness (QED) is 0.335. The number of carbonyl (C=O) groups excluding carboxylic acids is 1. The van der Waals surface area contributed by atoms with Crippen molar-refractivity contribution in [2.24, 2.45) is 0 Å². The van der Waals surface area contributed by atoms with Crippen LogP contribution < -0.4 is 5.32 Å². The lowest BCUT2D eigenvalue weighted by Gasteiger charge is -2.09. The van der Waals surface area contributed by atoms with Crippen molar-refractivity contribution in [3.05, 3.63) is 95.1 Å². The molecule has 0 saturated carbocycles. The first kappa shape index (κ1) is 20.5. The summed E-state index contributed by atoms with van der Waals surface area (Å²) in [5.74, 6) is 0.0184. The van der Waals surface area contributed by atoms with Crippen LogP contribution in [-0.2, 0) is 4.79 Å². The van der Waals surface area contributed by atoms with Crippen LogP contribution in [0.25, 0.3) is 16.9 Å². The normalized spacial score (nSPS) is 10.7. The first-order valence-corrected chi connectivity index (χ1v) is 10.9. The van der Waals surface area contributed by atoms with E-state index in [4.69, 9.17) is 28.2 Å². The standard InChI is InChI=1S/C23H17Cl2N3OS/c24-17-11-12-20(19(25)13-17)26-22(29)15-30-23-27-21(16-7-3-1-4-8-16)14-28(23)18-9-5-2-6-10-18/h1-14H,15H2,(H,26,29). The molecule has 0 unspecified atom stereocenters. The molecule has 0 aliphatic carbocycles. The number of nitrogens with zero attached hydrogens (tertiary/aromatic N) is 2. The number of amides is 1. The smallest absolute Gasteiger partial charge is 0.234 e. The molecule has 1 aromatic heterocycles. The number of aromatic nitrogens is 2. The maximum absolute atomic E-state index is 12.5. The maximum Gasteiger partial charge on any atom is 0.234 e. The number of halogens is 2. The van der Waals surface area contributed by atoms with Crippen LogP contribution in [0.5, 0.6) is 0 Å². The Bertz CT molecular complexity index is 1160. The summed E-state index contributed by atoms with van der Waals surface area (Å²) in [5, 5.41) is 4.47. The zero-order valence-electron chi connectivity index (χ0n) is 15.8. The number of para-hydroxylation sites is 1. The minimum absolute atomic E-state index is 0.173. The van der Waals surface area contributed by atoms with E-state index in [1.807, 2.05) is 71.4 Å². The molecule has 1 amide bonds. The molecule has 30 heavy (non-hydrogen) atoms. The predicted molar refractivity (Wildman–Crippen MR) is 125 cm³/mol. The molecule has 0 aliphatic heterocycles. The molecule has 1 N–H and O–H groups in total. The molecule has 0 aliphatic rings. The molecule has 3 aromatic carbocycles. The summed E-state index contributed by atoms with van der Waals surface area (Å²) in [5.41, 5.74) is 3.38. The van der Waals surface area contributed by atoms with Crippen LogP contribution in [0.15, 0.2) is 90.2 Å². The van der Waals surface area contributed by atoms with Gasteiger partial charge in [-0.2, -0.15) is 0 Å². The number of hydrogen-bond donors (Lipinski definition) is 1. The van der Waals surface area contributed by atoms with Crippen molar-refractivity contribution in [1.29, 1.82) is 0 Å². The van der Waals surface area contributed by atoms with Crippen molar-refractivity contribution in [1.82, 2.24) is 9.55 Å². The number of nitrogens with one attached hydrogen (secondary N) is 1. The summed E-state index contributed by atoms with van der Waals surface area (Å²) in [6.45, 7) is 0. The summed E-state index contributed by atoms with van der Waals surface area (Å²) in [4.78, 5) is 17.3. The Morgan fingerprint density at radius 2 is 1.67 bits per heavy atom. The molecule has 4 rings (SSSR count). The van der Waals surface area contributed by atoms with Gasteiger partial charge in [0.2, 0.25) is 5.91 Å². The Labute approximate surface area is 188 Å². The minimum atomic E-state index is -0.173. The fourth-order valence-corrected chi connectivity index (χ4v) is 4.14. The van der Waals surface area contributed by atoms with E-state index in [1.165, 1.54) is 11.8 Å². The molecular formula is C23H17Cl2N3OS. The van der Waals surface area contributed by atoms with Gasteiger partial charge in [-0.1, -0.05) is 83.5 Å². The fraction of sp³-hybridized carbons (Fsp3) is 0.0435. The van der Waals surface area contributed by atoms with Gasteiger partial charge in [-0.3, -0.25) is 9.36 Å². The summed E-state index contributed by atoms with van der Waals surface area (Å²) in [7, 11) is 0. The van der Waals surface area contributed by atoms with Gasteiger partial charge in [-0.05, 0) is 30.3 Å². The molecule has 0 saturated heterocycles. The monoisotopic (exact) mass is 453 g/mol. The Hall–Kier alpha value is -2.73. The second-order valence-corrected chi connectivity index (χ2v) is 8.23. The van der Waals surface area contributed by atoms with E-state index in [-0.39, 0.29) is 11.7 Å². The average molecular weight is 454 g/mol. The van der Waals surface area contributed by atoms with Crippen LogP contribution in [0, 0.1) is 0 Å². The SMILES string of the molecule is O=C(CSc1nc(-c2ccccc2)cn1-c1ccccc1)Nc1ccc(Cl)cc1Cl. The Morgan fingerprint density at radius 1 is 0.967 bits per heavy atom. The summed E-state index contributed by atoms with van der Waals surface area (Å²) < 4.78 is 2.00. The lowest BCUT2D eigenvalue weighted by atomic mass is 10.2. The van der Waals surface area contributed by atoms with Crippen molar-refractivity contribution in [3.63, 3.8) is 0 Å². The zero-order valence-corrected chi connectivity index (χ0v) is 18.1. The third-order valence-corrected chi connectivity index (χ3v) is 5.82. The van der Waals surface area contributed by atoms with Gasteiger partial charge in [0.1, 0.15) is 0 Å². The van der Waals surface area contributed by atoms with Gasteiger partial charge in [0.15, 0.2) is 5.16 Å². The topological polar surface area (TPSA) is 46.9 Å². The van der Waals surface area contributed by atoms with E-state index < -0.39 is 0 Å².